The maximum absolute atomic E-state index is 12.1. The number of ether oxygens (including phenoxy) is 4. The fourth-order valence-electron chi connectivity index (χ4n) is 2.21. The molecule has 2 rings (SSSR count). The van der Waals surface area contributed by atoms with Crippen LogP contribution in [0.4, 0.5) is 0 Å². The molecule has 0 aromatic heterocycles. The van der Waals surface area contributed by atoms with E-state index < -0.39 is 12.6 Å². The van der Waals surface area contributed by atoms with Crippen molar-refractivity contribution in [1.29, 1.82) is 0 Å². The van der Waals surface area contributed by atoms with E-state index in [4.69, 9.17) is 18.9 Å². The lowest BCUT2D eigenvalue weighted by atomic mass is 10.1. The molecule has 2 aromatic carbocycles. The largest absolute Gasteiger partial charge is 0.493 e. The van der Waals surface area contributed by atoms with Gasteiger partial charge in [-0.2, -0.15) is 0 Å². The molecule has 0 atom stereocenters. The third-order valence-corrected chi connectivity index (χ3v) is 3.69. The summed E-state index contributed by atoms with van der Waals surface area (Å²) in [6.07, 6.45) is 0. The van der Waals surface area contributed by atoms with Gasteiger partial charge < -0.3 is 18.9 Å². The molecule has 0 saturated carbocycles. The third-order valence-electron chi connectivity index (χ3n) is 3.69. The highest BCUT2D eigenvalue weighted by Gasteiger charge is 2.13. The molecule has 2 aromatic rings. The third kappa shape index (κ3) is 5.57. The molecule has 0 heterocycles. The van der Waals surface area contributed by atoms with Crippen molar-refractivity contribution in [2.24, 2.45) is 0 Å². The van der Waals surface area contributed by atoms with E-state index in [0.29, 0.717) is 28.4 Å². The molecule has 0 amide bonds. The minimum atomic E-state index is -0.681. The van der Waals surface area contributed by atoms with E-state index in [1.165, 1.54) is 27.2 Å². The summed E-state index contributed by atoms with van der Waals surface area (Å²) in [5.41, 5.74) is 0.881. The molecule has 0 aliphatic carbocycles. The first-order valence-corrected chi connectivity index (χ1v) is 8.09. The van der Waals surface area contributed by atoms with E-state index in [-0.39, 0.29) is 18.2 Å². The predicted octanol–water partition coefficient (Wildman–Crippen LogP) is 2.71. The number of ketones is 2. The smallest absolute Gasteiger partial charge is 0.344 e. The van der Waals surface area contributed by atoms with Crippen LogP contribution in [0.1, 0.15) is 27.6 Å². The number of benzene rings is 2. The summed E-state index contributed by atoms with van der Waals surface area (Å²) < 4.78 is 20.4. The van der Waals surface area contributed by atoms with Gasteiger partial charge in [-0.05, 0) is 49.4 Å². The normalized spacial score (nSPS) is 10.0. The number of carbonyl (C=O) groups excluding carboxylic acids is 3. The monoisotopic (exact) mass is 372 g/mol. The van der Waals surface area contributed by atoms with Gasteiger partial charge >= 0.3 is 5.97 Å². The van der Waals surface area contributed by atoms with E-state index in [1.807, 2.05) is 0 Å². The summed E-state index contributed by atoms with van der Waals surface area (Å²) in [7, 11) is 2.96. The zero-order valence-corrected chi connectivity index (χ0v) is 15.3. The van der Waals surface area contributed by atoms with E-state index >= 15 is 0 Å². The zero-order chi connectivity index (χ0) is 19.8. The molecule has 0 N–H and O–H groups in total. The van der Waals surface area contributed by atoms with Crippen LogP contribution in [0.15, 0.2) is 42.5 Å². The van der Waals surface area contributed by atoms with Crippen LogP contribution in [0.25, 0.3) is 0 Å². The van der Waals surface area contributed by atoms with Gasteiger partial charge in [0.1, 0.15) is 5.75 Å². The van der Waals surface area contributed by atoms with Crippen LogP contribution in [-0.2, 0) is 9.53 Å². The Balaban J connectivity index is 1.84. The van der Waals surface area contributed by atoms with E-state index in [1.54, 1.807) is 36.4 Å². The SMILES string of the molecule is COc1ccc(C(=O)COC(=O)COc2ccc(C(C)=O)cc2)cc1OC. The van der Waals surface area contributed by atoms with Crippen LogP contribution >= 0.6 is 0 Å². The minimum Gasteiger partial charge on any atom is -0.493 e. The Bertz CT molecular complexity index is 825. The maximum Gasteiger partial charge on any atom is 0.344 e. The molecule has 7 heteroatoms. The molecule has 142 valence electrons. The summed E-state index contributed by atoms with van der Waals surface area (Å²) in [6.45, 7) is 0.697. The van der Waals surface area contributed by atoms with Gasteiger partial charge in [-0.3, -0.25) is 9.59 Å². The summed E-state index contributed by atoms with van der Waals surface area (Å²) in [5, 5.41) is 0. The lowest BCUT2D eigenvalue weighted by Crippen LogP contribution is -2.19. The van der Waals surface area contributed by atoms with Crippen LogP contribution in [0, 0.1) is 0 Å². The number of esters is 1. The van der Waals surface area contributed by atoms with Gasteiger partial charge in [0.05, 0.1) is 14.2 Å². The Kier molecular flexibility index (Phi) is 6.93. The fourth-order valence-corrected chi connectivity index (χ4v) is 2.21. The van der Waals surface area contributed by atoms with E-state index in [2.05, 4.69) is 0 Å². The number of carbonyl (C=O) groups is 3. The molecule has 0 saturated heterocycles. The van der Waals surface area contributed by atoms with Gasteiger partial charge in [0, 0.05) is 11.1 Å². The van der Waals surface area contributed by atoms with Crippen molar-refractivity contribution in [1.82, 2.24) is 0 Å². The van der Waals surface area contributed by atoms with Gasteiger partial charge in [-0.15, -0.1) is 0 Å². The molecule has 0 radical (unpaired) electrons. The van der Waals surface area contributed by atoms with Gasteiger partial charge in [0.2, 0.25) is 0 Å². The summed E-state index contributed by atoms with van der Waals surface area (Å²) in [6, 6.07) is 11.0. The number of hydrogen-bond acceptors (Lipinski definition) is 7. The van der Waals surface area contributed by atoms with Crippen LogP contribution in [0.5, 0.6) is 17.2 Å². The maximum atomic E-state index is 12.1. The van der Waals surface area contributed by atoms with Gasteiger partial charge in [-0.25, -0.2) is 4.79 Å². The van der Waals surface area contributed by atoms with Crippen molar-refractivity contribution in [3.8, 4) is 17.2 Å². The van der Waals surface area contributed by atoms with Crippen molar-refractivity contribution in [2.75, 3.05) is 27.4 Å². The molecule has 0 fully saturated rings. The first-order valence-electron chi connectivity index (χ1n) is 8.09. The molecule has 0 aliphatic rings. The summed E-state index contributed by atoms with van der Waals surface area (Å²) in [4.78, 5) is 35.1. The van der Waals surface area contributed by atoms with E-state index in [9.17, 15) is 14.4 Å². The standard InChI is InChI=1S/C20H20O7/c1-13(21)14-4-7-16(8-5-14)26-12-20(23)27-11-17(22)15-6-9-18(24-2)19(10-15)25-3/h4-10H,11-12H2,1-3H3. The van der Waals surface area contributed by atoms with Gasteiger partial charge in [0.25, 0.3) is 0 Å². The lowest BCUT2D eigenvalue weighted by Gasteiger charge is -2.10. The number of hydrogen-bond donors (Lipinski definition) is 0. The second-order valence-electron chi connectivity index (χ2n) is 5.52. The average Bonchev–Trinajstić information content (AvgIpc) is 2.70. The van der Waals surface area contributed by atoms with Gasteiger partial charge in [0.15, 0.2) is 36.3 Å². The second kappa shape index (κ2) is 9.38. The molecule has 7 nitrogen and oxygen atoms in total. The topological polar surface area (TPSA) is 88.1 Å². The summed E-state index contributed by atoms with van der Waals surface area (Å²) in [5.74, 6) is 0.203. The highest BCUT2D eigenvalue weighted by atomic mass is 16.6. The molecule has 0 aliphatic heterocycles. The first-order chi connectivity index (χ1) is 12.9. The van der Waals surface area contributed by atoms with Crippen molar-refractivity contribution in [3.63, 3.8) is 0 Å². The fraction of sp³-hybridized carbons (Fsp3) is 0.250. The number of Topliss-reactive ketones (excluding diaryl/α,β-unsaturated/α-hetero) is 2. The van der Waals surface area contributed by atoms with Crippen LogP contribution in [-0.4, -0.2) is 45.0 Å². The zero-order valence-electron chi connectivity index (χ0n) is 15.3. The molecule has 0 bridgehead atoms. The number of methoxy groups -OCH3 is 2. The minimum absolute atomic E-state index is 0.0605. The molecule has 27 heavy (non-hydrogen) atoms. The van der Waals surface area contributed by atoms with Crippen molar-refractivity contribution in [3.05, 3.63) is 53.6 Å². The first kappa shape index (κ1) is 20.0. The highest BCUT2D eigenvalue weighted by molar-refractivity contribution is 5.98. The summed E-state index contributed by atoms with van der Waals surface area (Å²) >= 11 is 0. The molecule has 0 unspecified atom stereocenters. The molecular weight excluding hydrogens is 352 g/mol. The van der Waals surface area contributed by atoms with Crippen LogP contribution in [0.2, 0.25) is 0 Å². The Labute approximate surface area is 156 Å². The lowest BCUT2D eigenvalue weighted by molar-refractivity contribution is -0.144. The van der Waals surface area contributed by atoms with Crippen LogP contribution in [0.3, 0.4) is 0 Å². The van der Waals surface area contributed by atoms with E-state index in [0.717, 1.165) is 0 Å². The number of rotatable bonds is 9. The quantitative estimate of drug-likeness (QED) is 0.494. The van der Waals surface area contributed by atoms with Crippen LogP contribution < -0.4 is 14.2 Å². The van der Waals surface area contributed by atoms with Crippen molar-refractivity contribution < 1.29 is 33.3 Å². The Hall–Kier alpha value is -3.35. The highest BCUT2D eigenvalue weighted by Crippen LogP contribution is 2.27. The Morgan fingerprint density at radius 3 is 2.04 bits per heavy atom. The second-order valence-corrected chi connectivity index (χ2v) is 5.52. The van der Waals surface area contributed by atoms with Gasteiger partial charge in [-0.1, -0.05) is 0 Å². The Morgan fingerprint density at radius 2 is 1.44 bits per heavy atom. The van der Waals surface area contributed by atoms with Crippen molar-refractivity contribution >= 4 is 17.5 Å². The van der Waals surface area contributed by atoms with Crippen molar-refractivity contribution in [2.45, 2.75) is 6.92 Å². The Morgan fingerprint density at radius 1 is 0.815 bits per heavy atom. The average molecular weight is 372 g/mol. The predicted molar refractivity (Wildman–Crippen MR) is 96.8 cm³/mol. The molecule has 0 spiro atoms. The molecular formula is C20H20O7.